The molecule has 4 rings (SSSR count). The molecule has 1 aliphatic rings. The van der Waals surface area contributed by atoms with Gasteiger partial charge in [-0.25, -0.2) is 0 Å². The van der Waals surface area contributed by atoms with Crippen molar-refractivity contribution in [3.63, 3.8) is 0 Å². The van der Waals surface area contributed by atoms with Crippen LogP contribution in [0.4, 0.5) is 5.69 Å². The van der Waals surface area contributed by atoms with Crippen molar-refractivity contribution in [1.82, 2.24) is 9.88 Å². The van der Waals surface area contributed by atoms with Gasteiger partial charge in [0.25, 0.3) is 5.91 Å². The lowest BCUT2D eigenvalue weighted by Gasteiger charge is -2.33. The van der Waals surface area contributed by atoms with Crippen molar-refractivity contribution in [3.8, 4) is 11.5 Å². The van der Waals surface area contributed by atoms with Crippen LogP contribution >= 0.6 is 11.6 Å². The third-order valence-corrected chi connectivity index (χ3v) is 5.71. The van der Waals surface area contributed by atoms with Crippen LogP contribution in [-0.4, -0.2) is 49.1 Å². The Kier molecular flexibility index (Phi) is 5.95. The number of benzene rings is 2. The second-order valence-corrected chi connectivity index (χ2v) is 7.74. The molecule has 0 unspecified atom stereocenters. The number of carbonyl (C=O) groups is 1. The lowest BCUT2D eigenvalue weighted by Crippen LogP contribution is -2.42. The van der Waals surface area contributed by atoms with E-state index in [2.05, 4.69) is 10.3 Å². The van der Waals surface area contributed by atoms with Gasteiger partial charge >= 0.3 is 0 Å². The zero-order valence-electron chi connectivity index (χ0n) is 17.0. The molecule has 0 aliphatic carbocycles. The monoisotopic (exact) mass is 425 g/mol. The van der Waals surface area contributed by atoms with Gasteiger partial charge in [0.15, 0.2) is 11.5 Å². The van der Waals surface area contributed by atoms with E-state index in [0.29, 0.717) is 41.2 Å². The molecule has 2 aromatic carbocycles. The van der Waals surface area contributed by atoms with Gasteiger partial charge in [-0.05, 0) is 55.3 Å². The number of ether oxygens (including phenoxy) is 2. The summed E-state index contributed by atoms with van der Waals surface area (Å²) in [6, 6.07) is 13.3. The number of rotatable bonds is 5. The Labute approximate surface area is 180 Å². The fourth-order valence-electron chi connectivity index (χ4n) is 3.85. The summed E-state index contributed by atoms with van der Waals surface area (Å²) in [6.07, 6.45) is 3.53. The smallest absolute Gasteiger partial charge is 0.253 e. The van der Waals surface area contributed by atoms with E-state index in [9.17, 15) is 4.79 Å². The predicted molar refractivity (Wildman–Crippen MR) is 119 cm³/mol. The standard InChI is InChI=1S/C23H24ClN3O3/c1-29-21-6-3-15(13-22(21)30-2)23(28)27-11-8-17(9-12-27)26-19-7-10-25-20-14-16(24)4-5-18(19)20/h3-7,10,13-14,17H,8-9,11-12H2,1-2H3,(H,25,26). The van der Waals surface area contributed by atoms with E-state index in [1.54, 1.807) is 38.6 Å². The van der Waals surface area contributed by atoms with Crippen LogP contribution in [0.3, 0.4) is 0 Å². The van der Waals surface area contributed by atoms with E-state index in [4.69, 9.17) is 21.1 Å². The van der Waals surface area contributed by atoms with Gasteiger partial charge in [0.1, 0.15) is 0 Å². The lowest BCUT2D eigenvalue weighted by atomic mass is 10.0. The van der Waals surface area contributed by atoms with Gasteiger partial charge in [-0.15, -0.1) is 0 Å². The van der Waals surface area contributed by atoms with E-state index in [0.717, 1.165) is 29.4 Å². The molecule has 7 heteroatoms. The van der Waals surface area contributed by atoms with Crippen LogP contribution in [0.5, 0.6) is 11.5 Å². The molecular weight excluding hydrogens is 402 g/mol. The summed E-state index contributed by atoms with van der Waals surface area (Å²) in [5.41, 5.74) is 2.52. The molecule has 3 aromatic rings. The number of carbonyl (C=O) groups excluding carboxylic acids is 1. The topological polar surface area (TPSA) is 63.7 Å². The molecule has 1 aliphatic heterocycles. The number of nitrogens with one attached hydrogen (secondary N) is 1. The summed E-state index contributed by atoms with van der Waals surface area (Å²) >= 11 is 6.08. The van der Waals surface area contributed by atoms with Crippen LogP contribution in [0.2, 0.25) is 5.02 Å². The molecule has 6 nitrogen and oxygen atoms in total. The number of hydrogen-bond acceptors (Lipinski definition) is 5. The second-order valence-electron chi connectivity index (χ2n) is 7.30. The first-order valence-corrected chi connectivity index (χ1v) is 10.3. The highest BCUT2D eigenvalue weighted by Gasteiger charge is 2.24. The van der Waals surface area contributed by atoms with Crippen LogP contribution in [0.25, 0.3) is 10.9 Å². The number of halogens is 1. The zero-order valence-corrected chi connectivity index (χ0v) is 17.8. The average Bonchev–Trinajstić information content (AvgIpc) is 2.78. The molecule has 1 amide bonds. The molecule has 1 saturated heterocycles. The first-order chi connectivity index (χ1) is 14.6. The largest absolute Gasteiger partial charge is 0.493 e. The highest BCUT2D eigenvalue weighted by Crippen LogP contribution is 2.29. The van der Waals surface area contributed by atoms with Crippen molar-refractivity contribution < 1.29 is 14.3 Å². The zero-order chi connectivity index (χ0) is 21.1. The molecule has 1 aromatic heterocycles. The fourth-order valence-corrected chi connectivity index (χ4v) is 4.01. The number of amides is 1. The molecule has 1 fully saturated rings. The fraction of sp³-hybridized carbons (Fsp3) is 0.304. The summed E-state index contributed by atoms with van der Waals surface area (Å²) in [5, 5.41) is 5.34. The predicted octanol–water partition coefficient (Wildman–Crippen LogP) is 4.62. The van der Waals surface area contributed by atoms with Crippen molar-refractivity contribution in [3.05, 3.63) is 59.2 Å². The summed E-state index contributed by atoms with van der Waals surface area (Å²) in [5.74, 6) is 1.19. The van der Waals surface area contributed by atoms with Crippen LogP contribution in [-0.2, 0) is 0 Å². The minimum absolute atomic E-state index is 0.0124. The molecular formula is C23H24ClN3O3. The van der Waals surface area contributed by atoms with Gasteiger partial charge in [-0.2, -0.15) is 0 Å². The molecule has 2 heterocycles. The number of anilines is 1. The molecule has 0 bridgehead atoms. The summed E-state index contributed by atoms with van der Waals surface area (Å²) in [6.45, 7) is 1.39. The first kappa shape index (κ1) is 20.3. The van der Waals surface area contributed by atoms with Crippen LogP contribution < -0.4 is 14.8 Å². The van der Waals surface area contributed by atoms with Crippen molar-refractivity contribution in [2.75, 3.05) is 32.6 Å². The SMILES string of the molecule is COc1ccc(C(=O)N2CCC(Nc3ccnc4cc(Cl)ccc34)CC2)cc1OC. The summed E-state index contributed by atoms with van der Waals surface area (Å²) < 4.78 is 10.6. The molecule has 0 radical (unpaired) electrons. The molecule has 1 N–H and O–H groups in total. The van der Waals surface area contributed by atoms with Crippen molar-refractivity contribution >= 4 is 34.1 Å². The highest BCUT2D eigenvalue weighted by molar-refractivity contribution is 6.31. The third kappa shape index (κ3) is 4.14. The lowest BCUT2D eigenvalue weighted by molar-refractivity contribution is 0.0718. The van der Waals surface area contributed by atoms with Crippen LogP contribution in [0.1, 0.15) is 23.2 Å². The number of fused-ring (bicyclic) bond motifs is 1. The van der Waals surface area contributed by atoms with Crippen molar-refractivity contribution in [2.45, 2.75) is 18.9 Å². The molecule has 0 atom stereocenters. The van der Waals surface area contributed by atoms with Crippen molar-refractivity contribution in [1.29, 1.82) is 0 Å². The number of piperidine rings is 1. The third-order valence-electron chi connectivity index (χ3n) is 5.48. The van der Waals surface area contributed by atoms with Gasteiger partial charge < -0.3 is 19.7 Å². The number of methoxy groups -OCH3 is 2. The minimum atomic E-state index is 0.0124. The Morgan fingerprint density at radius 3 is 2.57 bits per heavy atom. The first-order valence-electron chi connectivity index (χ1n) is 9.91. The quantitative estimate of drug-likeness (QED) is 0.646. The van der Waals surface area contributed by atoms with E-state index in [1.807, 2.05) is 29.2 Å². The van der Waals surface area contributed by atoms with Gasteiger partial charge in [0.2, 0.25) is 0 Å². The molecule has 0 saturated carbocycles. The molecule has 156 valence electrons. The van der Waals surface area contributed by atoms with Gasteiger partial charge in [0, 0.05) is 47.0 Å². The normalized spacial score (nSPS) is 14.6. The Morgan fingerprint density at radius 1 is 1.07 bits per heavy atom. The Balaban J connectivity index is 1.41. The number of likely N-dealkylation sites (tertiary alicyclic amines) is 1. The number of pyridine rings is 1. The minimum Gasteiger partial charge on any atom is -0.493 e. The number of aromatic nitrogens is 1. The Bertz CT molecular complexity index is 1060. The second kappa shape index (κ2) is 8.79. The Hall–Kier alpha value is -2.99. The molecule has 30 heavy (non-hydrogen) atoms. The summed E-state index contributed by atoms with van der Waals surface area (Å²) in [4.78, 5) is 19.2. The maximum Gasteiger partial charge on any atom is 0.253 e. The summed E-state index contributed by atoms with van der Waals surface area (Å²) in [7, 11) is 3.15. The van der Waals surface area contributed by atoms with E-state index in [-0.39, 0.29) is 5.91 Å². The van der Waals surface area contributed by atoms with E-state index < -0.39 is 0 Å². The van der Waals surface area contributed by atoms with Gasteiger partial charge in [-0.3, -0.25) is 9.78 Å². The average molecular weight is 426 g/mol. The molecule has 0 spiro atoms. The van der Waals surface area contributed by atoms with Crippen LogP contribution in [0, 0.1) is 0 Å². The van der Waals surface area contributed by atoms with Crippen molar-refractivity contribution in [2.24, 2.45) is 0 Å². The number of hydrogen-bond donors (Lipinski definition) is 1. The highest BCUT2D eigenvalue weighted by atomic mass is 35.5. The van der Waals surface area contributed by atoms with E-state index in [1.165, 1.54) is 0 Å². The van der Waals surface area contributed by atoms with Gasteiger partial charge in [-0.1, -0.05) is 11.6 Å². The van der Waals surface area contributed by atoms with Gasteiger partial charge in [0.05, 0.1) is 19.7 Å². The maximum atomic E-state index is 12.9. The van der Waals surface area contributed by atoms with E-state index >= 15 is 0 Å². The Morgan fingerprint density at radius 2 is 1.83 bits per heavy atom. The maximum absolute atomic E-state index is 12.9. The van der Waals surface area contributed by atoms with Crippen LogP contribution in [0.15, 0.2) is 48.7 Å². The number of nitrogens with zero attached hydrogens (tertiary/aromatic N) is 2.